The van der Waals surface area contributed by atoms with Gasteiger partial charge in [-0.05, 0) is 17.9 Å². The standard InChI is InChI=1S/C19H27N3O3/c1-3-15-11-17(19(24)25)22(13-15)10-9-20-18(21-14(2)23)12-16-7-5-4-6-8-16/h3-8,15,17-18,20H,1,9-13H2,2H3,(H,21,23)(H,24,25)/t15-,17-,18?/m1/s1. The molecule has 1 amide bonds. The van der Waals surface area contributed by atoms with Gasteiger partial charge in [0.15, 0.2) is 0 Å². The lowest BCUT2D eigenvalue weighted by Gasteiger charge is -2.24. The van der Waals surface area contributed by atoms with E-state index in [0.717, 1.165) is 5.56 Å². The number of carbonyl (C=O) groups is 2. The zero-order valence-corrected chi connectivity index (χ0v) is 14.6. The van der Waals surface area contributed by atoms with Crippen molar-refractivity contribution in [1.29, 1.82) is 0 Å². The third-order valence-corrected chi connectivity index (χ3v) is 4.50. The van der Waals surface area contributed by atoms with Crippen LogP contribution in [-0.2, 0) is 16.0 Å². The van der Waals surface area contributed by atoms with E-state index in [1.54, 1.807) is 0 Å². The highest BCUT2D eigenvalue weighted by atomic mass is 16.4. The molecule has 1 unspecified atom stereocenters. The lowest BCUT2D eigenvalue weighted by atomic mass is 10.1. The number of aliphatic carboxylic acids is 1. The minimum Gasteiger partial charge on any atom is -0.480 e. The van der Waals surface area contributed by atoms with Crippen LogP contribution >= 0.6 is 0 Å². The van der Waals surface area contributed by atoms with Crippen LogP contribution in [0.5, 0.6) is 0 Å². The molecule has 3 N–H and O–H groups in total. The number of carbonyl (C=O) groups excluding carboxylic acids is 1. The predicted octanol–water partition coefficient (Wildman–Crippen LogP) is 1.24. The number of hydrogen-bond acceptors (Lipinski definition) is 4. The lowest BCUT2D eigenvalue weighted by molar-refractivity contribution is -0.142. The molecule has 1 aromatic rings. The summed E-state index contributed by atoms with van der Waals surface area (Å²) in [6, 6.07) is 9.48. The van der Waals surface area contributed by atoms with Gasteiger partial charge in [0.25, 0.3) is 0 Å². The number of hydrogen-bond donors (Lipinski definition) is 3. The Morgan fingerprint density at radius 3 is 2.72 bits per heavy atom. The maximum atomic E-state index is 11.4. The van der Waals surface area contributed by atoms with Crippen LogP contribution < -0.4 is 10.6 Å². The van der Waals surface area contributed by atoms with Gasteiger partial charge in [0.1, 0.15) is 6.04 Å². The second-order valence-electron chi connectivity index (χ2n) is 6.48. The Balaban J connectivity index is 1.88. The molecule has 6 nitrogen and oxygen atoms in total. The van der Waals surface area contributed by atoms with E-state index in [9.17, 15) is 14.7 Å². The fraction of sp³-hybridized carbons (Fsp3) is 0.474. The number of likely N-dealkylation sites (tertiary alicyclic amines) is 1. The molecule has 1 heterocycles. The molecule has 25 heavy (non-hydrogen) atoms. The fourth-order valence-corrected chi connectivity index (χ4v) is 3.27. The van der Waals surface area contributed by atoms with Crippen molar-refractivity contribution in [2.75, 3.05) is 19.6 Å². The quantitative estimate of drug-likeness (QED) is 0.463. The van der Waals surface area contributed by atoms with Crippen LogP contribution in [0.15, 0.2) is 43.0 Å². The van der Waals surface area contributed by atoms with Crippen LogP contribution in [0.3, 0.4) is 0 Å². The molecule has 136 valence electrons. The molecule has 0 radical (unpaired) electrons. The predicted molar refractivity (Wildman–Crippen MR) is 97.1 cm³/mol. The first-order valence-electron chi connectivity index (χ1n) is 8.63. The van der Waals surface area contributed by atoms with Gasteiger partial charge in [-0.25, -0.2) is 0 Å². The molecule has 0 aromatic heterocycles. The van der Waals surface area contributed by atoms with Gasteiger partial charge < -0.3 is 10.4 Å². The smallest absolute Gasteiger partial charge is 0.320 e. The van der Waals surface area contributed by atoms with E-state index in [2.05, 4.69) is 17.2 Å². The molecule has 0 spiro atoms. The van der Waals surface area contributed by atoms with Crippen molar-refractivity contribution in [1.82, 2.24) is 15.5 Å². The maximum absolute atomic E-state index is 11.4. The molecular formula is C19H27N3O3. The van der Waals surface area contributed by atoms with Gasteiger partial charge in [0.05, 0.1) is 6.17 Å². The number of benzene rings is 1. The molecule has 1 aromatic carbocycles. The first-order chi connectivity index (χ1) is 12.0. The van der Waals surface area contributed by atoms with Crippen LogP contribution in [-0.4, -0.2) is 53.7 Å². The highest BCUT2D eigenvalue weighted by Crippen LogP contribution is 2.23. The Bertz CT molecular complexity index is 591. The van der Waals surface area contributed by atoms with E-state index in [1.807, 2.05) is 41.3 Å². The van der Waals surface area contributed by atoms with E-state index < -0.39 is 12.0 Å². The van der Waals surface area contributed by atoms with Gasteiger partial charge >= 0.3 is 5.97 Å². The molecule has 2 rings (SSSR count). The Morgan fingerprint density at radius 1 is 1.40 bits per heavy atom. The summed E-state index contributed by atoms with van der Waals surface area (Å²) in [6.07, 6.45) is 2.94. The average molecular weight is 345 g/mol. The van der Waals surface area contributed by atoms with E-state index >= 15 is 0 Å². The van der Waals surface area contributed by atoms with Gasteiger partial charge in [0.2, 0.25) is 5.91 Å². The van der Waals surface area contributed by atoms with Crippen LogP contribution in [0.4, 0.5) is 0 Å². The van der Waals surface area contributed by atoms with Gasteiger partial charge in [-0.2, -0.15) is 0 Å². The van der Waals surface area contributed by atoms with Crippen LogP contribution in [0, 0.1) is 5.92 Å². The van der Waals surface area contributed by atoms with Crippen LogP contribution in [0.2, 0.25) is 0 Å². The van der Waals surface area contributed by atoms with Gasteiger partial charge in [-0.15, -0.1) is 6.58 Å². The van der Waals surface area contributed by atoms with Crippen molar-refractivity contribution in [3.05, 3.63) is 48.6 Å². The van der Waals surface area contributed by atoms with Crippen molar-refractivity contribution >= 4 is 11.9 Å². The first kappa shape index (κ1) is 19.1. The van der Waals surface area contributed by atoms with Crippen LogP contribution in [0.1, 0.15) is 18.9 Å². The average Bonchev–Trinajstić information content (AvgIpc) is 2.99. The zero-order valence-electron chi connectivity index (χ0n) is 14.6. The molecule has 3 atom stereocenters. The normalized spacial score (nSPS) is 21.6. The van der Waals surface area contributed by atoms with Crippen molar-refractivity contribution in [3.63, 3.8) is 0 Å². The van der Waals surface area contributed by atoms with E-state index in [-0.39, 0.29) is 18.0 Å². The molecular weight excluding hydrogens is 318 g/mol. The summed E-state index contributed by atoms with van der Waals surface area (Å²) >= 11 is 0. The monoisotopic (exact) mass is 345 g/mol. The van der Waals surface area contributed by atoms with Crippen LogP contribution in [0.25, 0.3) is 0 Å². The second-order valence-corrected chi connectivity index (χ2v) is 6.48. The van der Waals surface area contributed by atoms with Gasteiger partial charge in [0, 0.05) is 33.0 Å². The van der Waals surface area contributed by atoms with E-state index in [0.29, 0.717) is 32.5 Å². The summed E-state index contributed by atoms with van der Waals surface area (Å²) in [5, 5.41) is 15.6. The molecule has 1 saturated heterocycles. The molecule has 1 aliphatic rings. The summed E-state index contributed by atoms with van der Waals surface area (Å²) in [5.41, 5.74) is 1.13. The molecule has 1 fully saturated rings. The highest BCUT2D eigenvalue weighted by molar-refractivity contribution is 5.74. The summed E-state index contributed by atoms with van der Waals surface area (Å²) in [6.45, 7) is 7.21. The number of amides is 1. The Labute approximate surface area is 148 Å². The van der Waals surface area contributed by atoms with Gasteiger partial charge in [-0.3, -0.25) is 19.8 Å². The number of nitrogens with zero attached hydrogens (tertiary/aromatic N) is 1. The third-order valence-electron chi connectivity index (χ3n) is 4.50. The van der Waals surface area contributed by atoms with E-state index in [4.69, 9.17) is 0 Å². The third kappa shape index (κ3) is 5.99. The van der Waals surface area contributed by atoms with Crippen molar-refractivity contribution in [3.8, 4) is 0 Å². The summed E-state index contributed by atoms with van der Waals surface area (Å²) in [5.74, 6) is -0.659. The number of carboxylic acids is 1. The fourth-order valence-electron chi connectivity index (χ4n) is 3.27. The second kappa shape index (κ2) is 9.34. The van der Waals surface area contributed by atoms with Crippen molar-refractivity contribution < 1.29 is 14.7 Å². The van der Waals surface area contributed by atoms with E-state index in [1.165, 1.54) is 6.92 Å². The van der Waals surface area contributed by atoms with Gasteiger partial charge in [-0.1, -0.05) is 36.4 Å². The topological polar surface area (TPSA) is 81.7 Å². The lowest BCUT2D eigenvalue weighted by Crippen LogP contribution is -2.49. The largest absolute Gasteiger partial charge is 0.480 e. The zero-order chi connectivity index (χ0) is 18.2. The SMILES string of the molecule is C=C[C@@H]1C[C@H](C(=O)O)N(CCNC(Cc2ccccc2)NC(C)=O)C1. The highest BCUT2D eigenvalue weighted by Gasteiger charge is 2.35. The number of carboxylic acid groups (broad SMARTS) is 1. The summed E-state index contributed by atoms with van der Waals surface area (Å²) in [4.78, 5) is 24.8. The summed E-state index contributed by atoms with van der Waals surface area (Å²) in [7, 11) is 0. The Morgan fingerprint density at radius 2 is 2.12 bits per heavy atom. The molecule has 0 bridgehead atoms. The summed E-state index contributed by atoms with van der Waals surface area (Å²) < 4.78 is 0. The Kier molecular flexibility index (Phi) is 7.16. The minimum absolute atomic E-state index is 0.0928. The Hall–Kier alpha value is -2.18. The molecule has 6 heteroatoms. The molecule has 1 aliphatic heterocycles. The molecule has 0 aliphatic carbocycles. The maximum Gasteiger partial charge on any atom is 0.320 e. The molecule has 0 saturated carbocycles. The minimum atomic E-state index is -0.785. The number of nitrogens with one attached hydrogen (secondary N) is 2. The van der Waals surface area contributed by atoms with Crippen molar-refractivity contribution in [2.24, 2.45) is 5.92 Å². The number of rotatable bonds is 9. The van der Waals surface area contributed by atoms with Crippen molar-refractivity contribution in [2.45, 2.75) is 32.0 Å². The first-order valence-corrected chi connectivity index (χ1v) is 8.63.